The minimum absolute atomic E-state index is 0.00860. The Morgan fingerprint density at radius 3 is 2.46 bits per heavy atom. The molecule has 4 N–H and O–H groups in total. The zero-order chi connectivity index (χ0) is 34.6. The second kappa shape index (κ2) is 15.0. The SMILES string of the molecule is CCC[C@H](NC(=O)[C@@H]1C[C@]2(C=C(c3cccc(Cl)c3)NO2)CN1C(=O)[C@@H](NC(=O)CC1CCOCC1)C(C)(C)C)C(=O)C(=O)NC1CC1. The molecule has 5 rings (SSSR count). The van der Waals surface area contributed by atoms with E-state index in [1.165, 1.54) is 4.90 Å². The second-order valence-electron chi connectivity index (χ2n) is 14.6. The number of Topliss-reactive ketones (excluding diaryl/α,β-unsaturated/α-hetero) is 1. The van der Waals surface area contributed by atoms with Crippen molar-refractivity contribution in [2.75, 3.05) is 19.8 Å². The molecule has 1 aromatic rings. The van der Waals surface area contributed by atoms with E-state index in [4.69, 9.17) is 21.2 Å². The topological polar surface area (TPSA) is 155 Å². The predicted molar refractivity (Wildman–Crippen MR) is 179 cm³/mol. The molecular weight excluding hydrogens is 638 g/mol. The molecule has 3 aliphatic heterocycles. The number of likely N-dealkylation sites (tertiary alicyclic amines) is 1. The number of halogens is 1. The van der Waals surface area contributed by atoms with Gasteiger partial charge in [-0.3, -0.25) is 34.3 Å². The van der Waals surface area contributed by atoms with E-state index in [1.807, 2.05) is 45.9 Å². The highest BCUT2D eigenvalue weighted by Gasteiger charge is 2.54. The van der Waals surface area contributed by atoms with Crippen LogP contribution in [0.15, 0.2) is 30.3 Å². The summed E-state index contributed by atoms with van der Waals surface area (Å²) in [5.41, 5.74) is 2.58. The summed E-state index contributed by atoms with van der Waals surface area (Å²) in [4.78, 5) is 75.3. The van der Waals surface area contributed by atoms with Crippen molar-refractivity contribution in [1.82, 2.24) is 26.3 Å². The largest absolute Gasteiger partial charge is 0.381 e. The summed E-state index contributed by atoms with van der Waals surface area (Å²) >= 11 is 6.24. The molecule has 1 aliphatic carbocycles. The zero-order valence-electron chi connectivity index (χ0n) is 28.2. The number of amides is 4. The van der Waals surface area contributed by atoms with Gasteiger partial charge in [0.2, 0.25) is 23.5 Å². The molecule has 0 unspecified atom stereocenters. The Morgan fingerprint density at radius 2 is 1.81 bits per heavy atom. The Balaban J connectivity index is 1.40. The highest BCUT2D eigenvalue weighted by Crippen LogP contribution is 2.39. The molecule has 0 bridgehead atoms. The van der Waals surface area contributed by atoms with Crippen LogP contribution in [0, 0.1) is 11.3 Å². The Bertz CT molecular complexity index is 1430. The van der Waals surface area contributed by atoms with Crippen LogP contribution in [0.1, 0.15) is 84.6 Å². The maximum Gasteiger partial charge on any atom is 0.289 e. The number of hydrogen-bond acceptors (Lipinski definition) is 8. The third-order valence-corrected chi connectivity index (χ3v) is 9.66. The second-order valence-corrected chi connectivity index (χ2v) is 15.0. The molecule has 2 saturated heterocycles. The third kappa shape index (κ3) is 8.75. The van der Waals surface area contributed by atoms with Crippen molar-refractivity contribution in [3.63, 3.8) is 0 Å². The van der Waals surface area contributed by atoms with Crippen LogP contribution < -0.4 is 21.4 Å². The Morgan fingerprint density at radius 1 is 1.08 bits per heavy atom. The summed E-state index contributed by atoms with van der Waals surface area (Å²) in [5, 5.41) is 9.02. The lowest BCUT2D eigenvalue weighted by Crippen LogP contribution is -2.59. The van der Waals surface area contributed by atoms with E-state index in [2.05, 4.69) is 21.4 Å². The van der Waals surface area contributed by atoms with Crippen LogP contribution in [0.25, 0.3) is 5.70 Å². The Labute approximate surface area is 287 Å². The summed E-state index contributed by atoms with van der Waals surface area (Å²) in [5.74, 6) is -2.50. The van der Waals surface area contributed by atoms with Crippen molar-refractivity contribution in [3.8, 4) is 0 Å². The van der Waals surface area contributed by atoms with E-state index in [-0.39, 0.29) is 43.7 Å². The van der Waals surface area contributed by atoms with Crippen molar-refractivity contribution >= 4 is 46.7 Å². The molecule has 1 saturated carbocycles. The number of ketones is 1. The van der Waals surface area contributed by atoms with Crippen molar-refractivity contribution < 1.29 is 33.5 Å². The number of hydrogen-bond donors (Lipinski definition) is 4. The molecule has 4 amide bonds. The number of nitrogens with zero attached hydrogens (tertiary/aromatic N) is 1. The van der Waals surface area contributed by atoms with Crippen molar-refractivity contribution in [2.24, 2.45) is 11.3 Å². The lowest BCUT2D eigenvalue weighted by Gasteiger charge is -2.36. The number of hydroxylamine groups is 1. The molecule has 4 atom stereocenters. The monoisotopic (exact) mass is 685 g/mol. The van der Waals surface area contributed by atoms with Gasteiger partial charge < -0.3 is 25.6 Å². The number of nitrogens with one attached hydrogen (secondary N) is 4. The van der Waals surface area contributed by atoms with Crippen LogP contribution in [0.2, 0.25) is 5.02 Å². The molecule has 4 aliphatic rings. The van der Waals surface area contributed by atoms with Crippen molar-refractivity contribution in [2.45, 2.75) is 109 Å². The van der Waals surface area contributed by atoms with Gasteiger partial charge in [0, 0.05) is 42.7 Å². The standard InChI is InChI=1S/C35H48ClN5O7/c1-5-7-25(29(43)32(45)37-24-10-11-24)38-31(44)27-19-35(18-26(40-48-35)22-8-6-9-23(36)17-22)20-41(27)33(46)30(34(2,3)4)39-28(42)16-21-12-14-47-15-13-21/h6,8-9,17-18,21,24-25,27,30,40H,5,7,10-16,19-20H2,1-4H3,(H,37,45)(H,38,44)(H,39,42)/t25-,27-,30+,35+/m0/s1. The van der Waals surface area contributed by atoms with Crippen LogP contribution in [-0.2, 0) is 33.5 Å². The van der Waals surface area contributed by atoms with Crippen LogP contribution in [0.5, 0.6) is 0 Å². The van der Waals surface area contributed by atoms with E-state index >= 15 is 0 Å². The fraction of sp³-hybridized carbons (Fsp3) is 0.629. The summed E-state index contributed by atoms with van der Waals surface area (Å²) in [6, 6.07) is 4.17. The first-order valence-electron chi connectivity index (χ1n) is 17.0. The van der Waals surface area contributed by atoms with E-state index in [0.29, 0.717) is 30.4 Å². The number of benzene rings is 1. The van der Waals surface area contributed by atoms with E-state index in [1.54, 1.807) is 12.1 Å². The molecule has 48 heavy (non-hydrogen) atoms. The predicted octanol–water partition coefficient (Wildman–Crippen LogP) is 3.04. The highest BCUT2D eigenvalue weighted by atomic mass is 35.5. The summed E-state index contributed by atoms with van der Waals surface area (Å²) < 4.78 is 5.43. The fourth-order valence-electron chi connectivity index (χ4n) is 6.54. The third-order valence-electron chi connectivity index (χ3n) is 9.43. The number of carbonyl (C=O) groups is 5. The Hall–Kier alpha value is -3.48. The van der Waals surface area contributed by atoms with Gasteiger partial charge in [0.15, 0.2) is 0 Å². The first kappa shape index (κ1) is 35.8. The first-order chi connectivity index (χ1) is 22.8. The maximum atomic E-state index is 14.5. The van der Waals surface area contributed by atoms with E-state index < -0.39 is 52.6 Å². The first-order valence-corrected chi connectivity index (χ1v) is 17.4. The highest BCUT2D eigenvalue weighted by molar-refractivity contribution is 6.38. The number of carbonyl (C=O) groups excluding carboxylic acids is 5. The van der Waals surface area contributed by atoms with Crippen molar-refractivity contribution in [1.29, 1.82) is 0 Å². The van der Waals surface area contributed by atoms with E-state index in [0.717, 1.165) is 31.2 Å². The quantitative estimate of drug-likeness (QED) is 0.245. The summed E-state index contributed by atoms with van der Waals surface area (Å²) in [6.45, 7) is 8.68. The van der Waals surface area contributed by atoms with Gasteiger partial charge in [0.05, 0.1) is 18.3 Å². The Kier molecular flexibility index (Phi) is 11.2. The lowest BCUT2D eigenvalue weighted by atomic mass is 9.85. The van der Waals surface area contributed by atoms with Gasteiger partial charge in [-0.1, -0.05) is 57.8 Å². The molecule has 3 fully saturated rings. The zero-order valence-corrected chi connectivity index (χ0v) is 29.0. The summed E-state index contributed by atoms with van der Waals surface area (Å²) in [6.07, 6.45) is 6.22. The molecule has 1 spiro atoms. The smallest absolute Gasteiger partial charge is 0.289 e. The van der Waals surface area contributed by atoms with Gasteiger partial charge in [-0.15, -0.1) is 0 Å². The van der Waals surface area contributed by atoms with E-state index in [9.17, 15) is 24.0 Å². The maximum absolute atomic E-state index is 14.5. The molecule has 12 nitrogen and oxygen atoms in total. The molecule has 3 heterocycles. The van der Waals surface area contributed by atoms with Crippen molar-refractivity contribution in [3.05, 3.63) is 40.9 Å². The van der Waals surface area contributed by atoms with Gasteiger partial charge in [-0.25, -0.2) is 0 Å². The normalized spacial score (nSPS) is 24.0. The molecular formula is C35H48ClN5O7. The minimum atomic E-state index is -1.09. The van der Waals surface area contributed by atoms with Gasteiger partial charge >= 0.3 is 0 Å². The fourth-order valence-corrected chi connectivity index (χ4v) is 6.73. The minimum Gasteiger partial charge on any atom is -0.381 e. The van der Waals surface area contributed by atoms with Gasteiger partial charge in [0.1, 0.15) is 17.7 Å². The van der Waals surface area contributed by atoms with Gasteiger partial charge in [-0.2, -0.15) is 0 Å². The number of rotatable bonds is 12. The molecule has 1 aromatic carbocycles. The lowest BCUT2D eigenvalue weighted by molar-refractivity contribution is -0.145. The molecule has 262 valence electrons. The molecule has 13 heteroatoms. The van der Waals surface area contributed by atoms with Crippen LogP contribution >= 0.6 is 11.6 Å². The van der Waals surface area contributed by atoms with Gasteiger partial charge in [-0.05, 0) is 61.6 Å². The van der Waals surface area contributed by atoms with Gasteiger partial charge in [0.25, 0.3) is 5.91 Å². The van der Waals surface area contributed by atoms with Crippen LogP contribution in [-0.4, -0.2) is 83.8 Å². The number of ether oxygens (including phenoxy) is 1. The average Bonchev–Trinajstić information content (AvgIpc) is 3.63. The molecule has 0 radical (unpaired) electrons. The average molecular weight is 686 g/mol. The van der Waals surface area contributed by atoms with Crippen LogP contribution in [0.3, 0.4) is 0 Å². The van der Waals surface area contributed by atoms with Crippen LogP contribution in [0.4, 0.5) is 0 Å². The summed E-state index contributed by atoms with van der Waals surface area (Å²) in [7, 11) is 0. The molecule has 0 aromatic heterocycles.